The van der Waals surface area contributed by atoms with E-state index in [1.54, 1.807) is 11.8 Å². The lowest BCUT2D eigenvalue weighted by molar-refractivity contribution is 1.01. The van der Waals surface area contributed by atoms with Crippen LogP contribution in [0.2, 0.25) is 5.02 Å². The highest BCUT2D eigenvalue weighted by Crippen LogP contribution is 2.23. The second kappa shape index (κ2) is 4.55. The Labute approximate surface area is 95.1 Å². The molecule has 0 unspecified atom stereocenters. The number of rotatable bonds is 3. The fraction of sp³-hybridized carbons (Fsp3) is 0.111. The maximum Gasteiger partial charge on any atom is 0.340 e. The molecular weight excluding hydrogens is 234 g/mol. The van der Waals surface area contributed by atoms with Gasteiger partial charge in [-0.25, -0.2) is 9.89 Å². The Balaban J connectivity index is 2.02. The SMILES string of the molecule is O=c1[nH]nc(CSc2cccc(Cl)c2)[nH]1. The first-order valence-corrected chi connectivity index (χ1v) is 5.62. The van der Waals surface area contributed by atoms with Crippen LogP contribution in [0.5, 0.6) is 0 Å². The van der Waals surface area contributed by atoms with Gasteiger partial charge in [-0.15, -0.1) is 11.8 Å². The van der Waals surface area contributed by atoms with Crippen molar-refractivity contribution in [1.29, 1.82) is 0 Å². The topological polar surface area (TPSA) is 61.5 Å². The molecule has 2 rings (SSSR count). The van der Waals surface area contributed by atoms with Gasteiger partial charge >= 0.3 is 5.69 Å². The van der Waals surface area contributed by atoms with Crippen molar-refractivity contribution >= 4 is 23.4 Å². The van der Waals surface area contributed by atoms with Crippen molar-refractivity contribution in [1.82, 2.24) is 15.2 Å². The summed E-state index contributed by atoms with van der Waals surface area (Å²) in [6.07, 6.45) is 0. The zero-order valence-corrected chi connectivity index (χ0v) is 9.23. The molecule has 0 radical (unpaired) electrons. The van der Waals surface area contributed by atoms with E-state index in [0.29, 0.717) is 16.6 Å². The van der Waals surface area contributed by atoms with Gasteiger partial charge < -0.3 is 0 Å². The van der Waals surface area contributed by atoms with Crippen molar-refractivity contribution < 1.29 is 0 Å². The predicted molar refractivity (Wildman–Crippen MR) is 60.2 cm³/mol. The molecule has 1 aromatic carbocycles. The summed E-state index contributed by atoms with van der Waals surface area (Å²) < 4.78 is 0. The van der Waals surface area contributed by atoms with Crippen molar-refractivity contribution in [2.45, 2.75) is 10.6 Å². The van der Waals surface area contributed by atoms with E-state index < -0.39 is 0 Å². The molecular formula is C9H8ClN3OS. The van der Waals surface area contributed by atoms with Crippen LogP contribution in [0.25, 0.3) is 0 Å². The van der Waals surface area contributed by atoms with E-state index in [9.17, 15) is 4.79 Å². The fourth-order valence-corrected chi connectivity index (χ4v) is 2.16. The zero-order valence-electron chi connectivity index (χ0n) is 7.66. The molecule has 0 fully saturated rings. The number of halogens is 1. The number of hydrogen-bond acceptors (Lipinski definition) is 3. The number of hydrogen-bond donors (Lipinski definition) is 2. The zero-order chi connectivity index (χ0) is 10.7. The second-order valence-corrected chi connectivity index (χ2v) is 4.36. The number of benzene rings is 1. The summed E-state index contributed by atoms with van der Waals surface area (Å²) in [5.41, 5.74) is -0.281. The van der Waals surface area contributed by atoms with Gasteiger partial charge in [-0.3, -0.25) is 4.98 Å². The minimum atomic E-state index is -0.281. The third-order valence-electron chi connectivity index (χ3n) is 1.72. The number of aromatic nitrogens is 3. The van der Waals surface area contributed by atoms with Gasteiger partial charge in [0.15, 0.2) is 0 Å². The van der Waals surface area contributed by atoms with Gasteiger partial charge in [0.05, 0.1) is 5.75 Å². The van der Waals surface area contributed by atoms with Gasteiger partial charge in [-0.05, 0) is 18.2 Å². The lowest BCUT2D eigenvalue weighted by Crippen LogP contribution is -2.00. The predicted octanol–water partition coefficient (Wildman–Crippen LogP) is 2.04. The third-order valence-corrected chi connectivity index (χ3v) is 2.96. The largest absolute Gasteiger partial charge is 0.340 e. The smallest absolute Gasteiger partial charge is 0.292 e. The average Bonchev–Trinajstić information content (AvgIpc) is 2.62. The Morgan fingerprint density at radius 2 is 2.33 bits per heavy atom. The van der Waals surface area contributed by atoms with Crippen LogP contribution in [0.1, 0.15) is 5.82 Å². The van der Waals surface area contributed by atoms with Crippen LogP contribution in [0.3, 0.4) is 0 Å². The summed E-state index contributed by atoms with van der Waals surface area (Å²) >= 11 is 7.40. The minimum Gasteiger partial charge on any atom is -0.292 e. The molecule has 15 heavy (non-hydrogen) atoms. The van der Waals surface area contributed by atoms with Crippen LogP contribution < -0.4 is 5.69 Å². The second-order valence-electron chi connectivity index (χ2n) is 2.87. The molecule has 0 aliphatic rings. The molecule has 2 aromatic rings. The monoisotopic (exact) mass is 241 g/mol. The van der Waals surface area contributed by atoms with Gasteiger partial charge in [0.2, 0.25) is 0 Å². The van der Waals surface area contributed by atoms with Crippen LogP contribution >= 0.6 is 23.4 Å². The summed E-state index contributed by atoms with van der Waals surface area (Å²) in [4.78, 5) is 14.4. The minimum absolute atomic E-state index is 0.281. The summed E-state index contributed by atoms with van der Waals surface area (Å²) in [5.74, 6) is 1.24. The molecule has 0 bridgehead atoms. The summed E-state index contributed by atoms with van der Waals surface area (Å²) in [5, 5.41) is 6.83. The highest BCUT2D eigenvalue weighted by molar-refractivity contribution is 7.98. The van der Waals surface area contributed by atoms with Gasteiger partial charge in [0.1, 0.15) is 5.82 Å². The summed E-state index contributed by atoms with van der Waals surface area (Å²) in [7, 11) is 0. The van der Waals surface area contributed by atoms with Crippen LogP contribution in [-0.4, -0.2) is 15.2 Å². The van der Waals surface area contributed by atoms with Crippen molar-refractivity contribution in [3.8, 4) is 0 Å². The van der Waals surface area contributed by atoms with Crippen molar-refractivity contribution in [3.05, 3.63) is 45.6 Å². The number of aromatic amines is 2. The number of H-pyrrole nitrogens is 2. The molecule has 0 aliphatic carbocycles. The number of thioether (sulfide) groups is 1. The quantitative estimate of drug-likeness (QED) is 0.809. The molecule has 2 N–H and O–H groups in total. The lowest BCUT2D eigenvalue weighted by Gasteiger charge is -1.98. The number of nitrogens with zero attached hydrogens (tertiary/aromatic N) is 1. The van der Waals surface area contributed by atoms with E-state index in [2.05, 4.69) is 15.2 Å². The molecule has 1 heterocycles. The average molecular weight is 242 g/mol. The van der Waals surface area contributed by atoms with Crippen LogP contribution in [-0.2, 0) is 5.75 Å². The molecule has 0 atom stereocenters. The van der Waals surface area contributed by atoms with Crippen LogP contribution in [0.4, 0.5) is 0 Å². The molecule has 6 heteroatoms. The Bertz CT molecular complexity index is 508. The standard InChI is InChI=1S/C9H8ClN3OS/c10-6-2-1-3-7(4-6)15-5-8-11-9(14)13-12-8/h1-4H,5H2,(H2,11,12,13,14). The molecule has 0 spiro atoms. The molecule has 4 nitrogen and oxygen atoms in total. The fourth-order valence-electron chi connectivity index (χ4n) is 1.08. The Hall–Kier alpha value is -1.20. The maximum absolute atomic E-state index is 10.8. The Morgan fingerprint density at radius 1 is 1.47 bits per heavy atom. The van der Waals surface area contributed by atoms with E-state index >= 15 is 0 Å². The molecule has 0 aliphatic heterocycles. The molecule has 78 valence electrons. The van der Waals surface area contributed by atoms with Gasteiger partial charge in [-0.2, -0.15) is 5.10 Å². The van der Waals surface area contributed by atoms with E-state index in [0.717, 1.165) is 4.90 Å². The first-order chi connectivity index (χ1) is 7.24. The highest BCUT2D eigenvalue weighted by atomic mass is 35.5. The van der Waals surface area contributed by atoms with Crippen LogP contribution in [0, 0.1) is 0 Å². The molecule has 1 aromatic heterocycles. The van der Waals surface area contributed by atoms with E-state index in [-0.39, 0.29) is 5.69 Å². The van der Waals surface area contributed by atoms with Gasteiger partial charge in [-0.1, -0.05) is 17.7 Å². The normalized spacial score (nSPS) is 10.5. The summed E-state index contributed by atoms with van der Waals surface area (Å²) in [6.45, 7) is 0. The number of nitrogens with one attached hydrogen (secondary N) is 2. The van der Waals surface area contributed by atoms with Crippen molar-refractivity contribution in [2.24, 2.45) is 0 Å². The van der Waals surface area contributed by atoms with Gasteiger partial charge in [0.25, 0.3) is 0 Å². The highest BCUT2D eigenvalue weighted by Gasteiger charge is 2.00. The molecule has 0 saturated carbocycles. The van der Waals surface area contributed by atoms with Gasteiger partial charge in [0, 0.05) is 9.92 Å². The Kier molecular flexibility index (Phi) is 3.13. The Morgan fingerprint density at radius 3 is 3.00 bits per heavy atom. The molecule has 0 amide bonds. The first-order valence-electron chi connectivity index (χ1n) is 4.26. The van der Waals surface area contributed by atoms with E-state index in [4.69, 9.17) is 11.6 Å². The van der Waals surface area contributed by atoms with Crippen LogP contribution in [0.15, 0.2) is 34.0 Å². The first kappa shape index (κ1) is 10.3. The maximum atomic E-state index is 10.8. The van der Waals surface area contributed by atoms with Crippen molar-refractivity contribution in [2.75, 3.05) is 0 Å². The summed E-state index contributed by atoms with van der Waals surface area (Å²) in [6, 6.07) is 7.54. The lowest BCUT2D eigenvalue weighted by atomic mass is 10.4. The third kappa shape index (κ3) is 2.87. The van der Waals surface area contributed by atoms with E-state index in [1.807, 2.05) is 24.3 Å². The van der Waals surface area contributed by atoms with Crippen molar-refractivity contribution in [3.63, 3.8) is 0 Å². The molecule has 0 saturated heterocycles. The van der Waals surface area contributed by atoms with E-state index in [1.165, 1.54) is 0 Å².